The maximum atomic E-state index is 10.6. The number of aliphatic carboxylic acids is 1. The number of fused-ring (bicyclic) bond motifs is 2. The van der Waals surface area contributed by atoms with Gasteiger partial charge in [0, 0.05) is 13.0 Å². The number of unbranched alkanes of at least 4 members (excludes halogenated alkanes) is 2. The van der Waals surface area contributed by atoms with Crippen molar-refractivity contribution in [3.63, 3.8) is 0 Å². The van der Waals surface area contributed by atoms with Crippen LogP contribution >= 0.6 is 0 Å². The Morgan fingerprint density at radius 1 is 1.03 bits per heavy atom. The first kappa shape index (κ1) is 22.8. The Morgan fingerprint density at radius 2 is 1.79 bits per heavy atom. The Kier molecular flexibility index (Phi) is 9.47. The van der Waals surface area contributed by atoms with Gasteiger partial charge in [-0.25, -0.2) is 0 Å². The Morgan fingerprint density at radius 3 is 2.55 bits per heavy atom. The summed E-state index contributed by atoms with van der Waals surface area (Å²) in [4.78, 5) is 10.6. The number of hydrogen-bond acceptors (Lipinski definition) is 4. The zero-order valence-corrected chi connectivity index (χ0v) is 17.9. The predicted molar refractivity (Wildman–Crippen MR) is 115 cm³/mol. The zero-order chi connectivity index (χ0) is 20.5. The van der Waals surface area contributed by atoms with Crippen LogP contribution in [0.2, 0.25) is 0 Å². The van der Waals surface area contributed by atoms with Crippen molar-refractivity contribution in [2.75, 3.05) is 13.1 Å². The molecule has 1 aliphatic carbocycles. The molecule has 0 amide bonds. The predicted octanol–water partition coefficient (Wildman–Crippen LogP) is 4.29. The maximum absolute atomic E-state index is 10.6. The molecule has 166 valence electrons. The molecule has 0 aromatic carbocycles. The Balaban J connectivity index is 1.28. The monoisotopic (exact) mass is 407 g/mol. The second-order valence-electron chi connectivity index (χ2n) is 9.42. The van der Waals surface area contributed by atoms with Gasteiger partial charge in [-0.2, -0.15) is 0 Å². The molecule has 3 N–H and O–H groups in total. The van der Waals surface area contributed by atoms with Gasteiger partial charge in [-0.15, -0.1) is 0 Å². The highest BCUT2D eigenvalue weighted by Gasteiger charge is 2.47. The van der Waals surface area contributed by atoms with Gasteiger partial charge in [0.1, 0.15) is 0 Å². The quantitative estimate of drug-likeness (QED) is 0.296. The third kappa shape index (κ3) is 7.08. The van der Waals surface area contributed by atoms with E-state index in [9.17, 15) is 9.90 Å². The standard InChI is InChI=1S/C24H41NO4/c26-21(18-9-5-6-10-18)17-25-16-8-7-12-20-19(22-14-15-23(20)29-22)11-3-1-2-4-13-24(27)28/h1,3,18-23,25-26H,2,4-17H2,(H,27,28)/b3-1-/t19-,20+,21?,22-,23+/m1/s1. The largest absolute Gasteiger partial charge is 0.481 e. The summed E-state index contributed by atoms with van der Waals surface area (Å²) in [7, 11) is 0. The van der Waals surface area contributed by atoms with E-state index >= 15 is 0 Å². The normalized spacial score (nSPS) is 30.5. The van der Waals surface area contributed by atoms with Gasteiger partial charge in [0.2, 0.25) is 0 Å². The minimum atomic E-state index is -0.706. The highest BCUT2D eigenvalue weighted by Crippen LogP contribution is 2.47. The van der Waals surface area contributed by atoms with Crippen molar-refractivity contribution >= 4 is 5.97 Å². The SMILES string of the molecule is O=C(O)CCC/C=C\C[C@@H]1[C@H](CCCCNCC(O)C2CCCC2)[C@@H]2CC[C@H]1O2. The summed E-state index contributed by atoms with van der Waals surface area (Å²) in [6, 6.07) is 0. The molecule has 5 heteroatoms. The van der Waals surface area contributed by atoms with Gasteiger partial charge in [-0.3, -0.25) is 4.79 Å². The van der Waals surface area contributed by atoms with Crippen LogP contribution < -0.4 is 5.32 Å². The van der Waals surface area contributed by atoms with E-state index in [4.69, 9.17) is 9.84 Å². The van der Waals surface area contributed by atoms with E-state index in [1.807, 2.05) is 0 Å². The lowest BCUT2D eigenvalue weighted by atomic mass is 9.75. The average molecular weight is 408 g/mol. The number of allylic oxidation sites excluding steroid dienone is 2. The average Bonchev–Trinajstić information content (AvgIpc) is 3.45. The van der Waals surface area contributed by atoms with Crippen molar-refractivity contribution in [2.45, 2.75) is 102 Å². The third-order valence-corrected chi connectivity index (χ3v) is 7.37. The summed E-state index contributed by atoms with van der Waals surface area (Å²) in [5, 5.41) is 22.4. The summed E-state index contributed by atoms with van der Waals surface area (Å²) in [5.41, 5.74) is 0. The molecule has 0 spiro atoms. The van der Waals surface area contributed by atoms with E-state index in [0.29, 0.717) is 30.0 Å². The number of carbonyl (C=O) groups is 1. The Labute approximate surface area is 176 Å². The van der Waals surface area contributed by atoms with Crippen LogP contribution in [0.3, 0.4) is 0 Å². The van der Waals surface area contributed by atoms with Crippen LogP contribution in [-0.4, -0.2) is 47.6 Å². The van der Waals surface area contributed by atoms with Gasteiger partial charge in [0.25, 0.3) is 0 Å². The number of ether oxygens (including phenoxy) is 1. The summed E-state index contributed by atoms with van der Waals surface area (Å²) >= 11 is 0. The lowest BCUT2D eigenvalue weighted by Crippen LogP contribution is -2.32. The van der Waals surface area contributed by atoms with E-state index < -0.39 is 5.97 Å². The van der Waals surface area contributed by atoms with Crippen LogP contribution in [0.25, 0.3) is 0 Å². The minimum absolute atomic E-state index is 0.164. The van der Waals surface area contributed by atoms with Gasteiger partial charge in [-0.1, -0.05) is 31.4 Å². The molecule has 29 heavy (non-hydrogen) atoms. The number of rotatable bonds is 14. The third-order valence-electron chi connectivity index (χ3n) is 7.37. The summed E-state index contributed by atoms with van der Waals surface area (Å²) in [6.07, 6.45) is 19.1. The molecule has 2 bridgehead atoms. The molecule has 5 atom stereocenters. The second kappa shape index (κ2) is 12.1. The van der Waals surface area contributed by atoms with E-state index in [0.717, 1.165) is 32.4 Å². The fourth-order valence-electron chi connectivity index (χ4n) is 5.73. The molecule has 1 unspecified atom stereocenters. The fourth-order valence-corrected chi connectivity index (χ4v) is 5.73. The Bertz CT molecular complexity index is 517. The number of aliphatic hydroxyl groups excluding tert-OH is 1. The Hall–Kier alpha value is -0.910. The molecule has 1 saturated carbocycles. The molecule has 0 radical (unpaired) electrons. The molecule has 3 rings (SSSR count). The first-order valence-corrected chi connectivity index (χ1v) is 12.1. The summed E-state index contributed by atoms with van der Waals surface area (Å²) in [5.74, 6) is 1.14. The molecule has 5 nitrogen and oxygen atoms in total. The van der Waals surface area contributed by atoms with Crippen molar-refractivity contribution in [1.82, 2.24) is 5.32 Å². The number of nitrogens with one attached hydrogen (secondary N) is 1. The molecule has 2 heterocycles. The summed E-state index contributed by atoms with van der Waals surface area (Å²) in [6.45, 7) is 1.75. The minimum Gasteiger partial charge on any atom is -0.481 e. The smallest absolute Gasteiger partial charge is 0.303 e. The number of aliphatic hydroxyl groups is 1. The van der Waals surface area contributed by atoms with E-state index in [1.165, 1.54) is 57.8 Å². The fraction of sp³-hybridized carbons (Fsp3) is 0.875. The molecular weight excluding hydrogens is 366 g/mol. The van der Waals surface area contributed by atoms with Gasteiger partial charge in [0.15, 0.2) is 0 Å². The van der Waals surface area contributed by atoms with E-state index in [-0.39, 0.29) is 12.5 Å². The van der Waals surface area contributed by atoms with Crippen molar-refractivity contribution < 1.29 is 19.7 Å². The van der Waals surface area contributed by atoms with Gasteiger partial charge < -0.3 is 20.3 Å². The van der Waals surface area contributed by atoms with Crippen molar-refractivity contribution in [3.05, 3.63) is 12.2 Å². The van der Waals surface area contributed by atoms with Crippen LogP contribution in [0, 0.1) is 17.8 Å². The molecular formula is C24H41NO4. The van der Waals surface area contributed by atoms with Gasteiger partial charge >= 0.3 is 5.97 Å². The van der Waals surface area contributed by atoms with Crippen LogP contribution in [0.4, 0.5) is 0 Å². The first-order chi connectivity index (χ1) is 14.1. The molecule has 0 aromatic rings. The molecule has 3 aliphatic rings. The number of hydrogen-bond donors (Lipinski definition) is 3. The molecule has 2 saturated heterocycles. The lowest BCUT2D eigenvalue weighted by molar-refractivity contribution is -0.137. The van der Waals surface area contributed by atoms with Gasteiger partial charge in [-0.05, 0) is 82.1 Å². The van der Waals surface area contributed by atoms with Crippen molar-refractivity contribution in [3.8, 4) is 0 Å². The number of carboxylic acids is 1. The highest BCUT2D eigenvalue weighted by molar-refractivity contribution is 5.66. The van der Waals surface area contributed by atoms with Crippen LogP contribution in [0.1, 0.15) is 83.5 Å². The van der Waals surface area contributed by atoms with Crippen LogP contribution in [0.5, 0.6) is 0 Å². The van der Waals surface area contributed by atoms with E-state index in [2.05, 4.69) is 17.5 Å². The molecule has 0 aromatic heterocycles. The topological polar surface area (TPSA) is 78.8 Å². The maximum Gasteiger partial charge on any atom is 0.303 e. The molecule has 2 aliphatic heterocycles. The first-order valence-electron chi connectivity index (χ1n) is 12.1. The highest BCUT2D eigenvalue weighted by atomic mass is 16.5. The zero-order valence-electron chi connectivity index (χ0n) is 17.9. The van der Waals surface area contributed by atoms with Gasteiger partial charge in [0.05, 0.1) is 18.3 Å². The molecule has 3 fully saturated rings. The van der Waals surface area contributed by atoms with Crippen LogP contribution in [-0.2, 0) is 9.53 Å². The van der Waals surface area contributed by atoms with Crippen molar-refractivity contribution in [2.24, 2.45) is 17.8 Å². The van der Waals surface area contributed by atoms with Crippen molar-refractivity contribution in [1.29, 1.82) is 0 Å². The number of carboxylic acid groups (broad SMARTS) is 1. The summed E-state index contributed by atoms with van der Waals surface area (Å²) < 4.78 is 6.21. The lowest BCUT2D eigenvalue weighted by Gasteiger charge is -2.27. The van der Waals surface area contributed by atoms with Crippen LogP contribution in [0.15, 0.2) is 12.2 Å². The van der Waals surface area contributed by atoms with E-state index in [1.54, 1.807) is 0 Å². The second-order valence-corrected chi connectivity index (χ2v) is 9.42.